The van der Waals surface area contributed by atoms with Gasteiger partial charge in [0.15, 0.2) is 12.5 Å². The van der Waals surface area contributed by atoms with E-state index >= 15 is 0 Å². The predicted molar refractivity (Wildman–Crippen MR) is 132 cm³/mol. The Hall–Kier alpha value is -3.43. The van der Waals surface area contributed by atoms with Gasteiger partial charge in [-0.3, -0.25) is 4.79 Å². The number of hydrogen-bond donors (Lipinski definition) is 3. The van der Waals surface area contributed by atoms with Crippen molar-refractivity contribution < 1.29 is 19.4 Å². The van der Waals surface area contributed by atoms with Crippen molar-refractivity contribution in [2.45, 2.75) is 37.3 Å². The van der Waals surface area contributed by atoms with E-state index in [1.165, 1.54) is 0 Å². The van der Waals surface area contributed by atoms with E-state index in [1.807, 2.05) is 31.3 Å². The summed E-state index contributed by atoms with van der Waals surface area (Å²) in [5.74, 6) is -0.245. The van der Waals surface area contributed by atoms with Crippen LogP contribution in [0.3, 0.4) is 0 Å². The summed E-state index contributed by atoms with van der Waals surface area (Å²) < 4.78 is 17.4. The van der Waals surface area contributed by atoms with E-state index in [0.29, 0.717) is 11.1 Å². The first-order valence-electron chi connectivity index (χ1n) is 12.0. The zero-order chi connectivity index (χ0) is 23.6. The van der Waals surface area contributed by atoms with Crippen LogP contribution >= 0.6 is 0 Å². The second-order valence-electron chi connectivity index (χ2n) is 9.70. The molecule has 5 aromatic rings. The number of hydrogen-bond acceptors (Lipinski definition) is 5. The van der Waals surface area contributed by atoms with Crippen molar-refractivity contribution in [2.24, 2.45) is 0 Å². The number of carbonyl (C=O) groups excluding carboxylic acids is 1. The van der Waals surface area contributed by atoms with E-state index in [1.54, 1.807) is 7.11 Å². The van der Waals surface area contributed by atoms with Gasteiger partial charge in [-0.1, -0.05) is 36.4 Å². The molecule has 5 heterocycles. The zero-order valence-electron chi connectivity index (χ0n) is 19.3. The van der Waals surface area contributed by atoms with Crippen molar-refractivity contribution in [3.8, 4) is 0 Å². The van der Waals surface area contributed by atoms with Gasteiger partial charge in [-0.05, 0) is 19.2 Å². The monoisotopic (exact) mass is 468 g/mol. The summed E-state index contributed by atoms with van der Waals surface area (Å²) in [6, 6.07) is 16.4. The van der Waals surface area contributed by atoms with E-state index in [0.717, 1.165) is 50.0 Å². The molecule has 1 fully saturated rings. The fourth-order valence-corrected chi connectivity index (χ4v) is 6.90. The molecule has 8 nitrogen and oxygen atoms in total. The second-order valence-corrected chi connectivity index (χ2v) is 9.70. The number of aliphatic hydroxyl groups is 1. The lowest BCUT2D eigenvalue weighted by Crippen LogP contribution is -2.50. The molecule has 0 saturated carbocycles. The standard InChI is InChI=1S/C27H24N4O4/c1-28-14-11-17-30-15-9-5-3-7-12(15)18-20-21(26(33)29-25(20)32)19-13-8-4-6-10-16(13)31(23(19)22(18)30)27(35-17)24(14)34-2/h3-10,14,17,24,26-28,33H,11H2,1-2H3,(H,29,32). The Morgan fingerprint density at radius 1 is 1.03 bits per heavy atom. The lowest BCUT2D eigenvalue weighted by atomic mass is 9.96. The molecule has 3 aliphatic heterocycles. The number of nitrogens with zero attached hydrogens (tertiary/aromatic N) is 2. The molecular formula is C27H24N4O4. The lowest BCUT2D eigenvalue weighted by Gasteiger charge is -2.41. The normalized spacial score (nSPS) is 27.3. The van der Waals surface area contributed by atoms with Gasteiger partial charge in [-0.2, -0.15) is 0 Å². The number of fused-ring (bicyclic) bond motifs is 13. The minimum atomic E-state index is -1.07. The van der Waals surface area contributed by atoms with Gasteiger partial charge >= 0.3 is 0 Å². The zero-order valence-corrected chi connectivity index (χ0v) is 19.3. The Kier molecular flexibility index (Phi) is 3.75. The minimum Gasteiger partial charge on any atom is -0.375 e. The smallest absolute Gasteiger partial charge is 0.254 e. The summed E-state index contributed by atoms with van der Waals surface area (Å²) in [5.41, 5.74) is 5.15. The van der Waals surface area contributed by atoms with Gasteiger partial charge in [-0.25, -0.2) is 0 Å². The van der Waals surface area contributed by atoms with Crippen LogP contribution in [0.25, 0.3) is 43.6 Å². The largest absolute Gasteiger partial charge is 0.375 e. The van der Waals surface area contributed by atoms with E-state index in [4.69, 9.17) is 9.47 Å². The number of methoxy groups -OCH3 is 1. The molecule has 35 heavy (non-hydrogen) atoms. The molecule has 2 bridgehead atoms. The molecule has 0 radical (unpaired) electrons. The van der Waals surface area contributed by atoms with Crippen molar-refractivity contribution in [3.05, 3.63) is 59.7 Å². The number of nitrogens with one attached hydrogen (secondary N) is 2. The van der Waals surface area contributed by atoms with Crippen LogP contribution in [-0.4, -0.2) is 46.5 Å². The molecule has 3 N–H and O–H groups in total. The maximum Gasteiger partial charge on any atom is 0.254 e. The van der Waals surface area contributed by atoms with E-state index in [-0.39, 0.29) is 30.5 Å². The second kappa shape index (κ2) is 6.61. The van der Waals surface area contributed by atoms with Crippen molar-refractivity contribution in [1.29, 1.82) is 0 Å². The molecule has 0 aliphatic carbocycles. The maximum atomic E-state index is 13.3. The molecule has 3 aromatic carbocycles. The average molecular weight is 469 g/mol. The van der Waals surface area contributed by atoms with Crippen molar-refractivity contribution in [2.75, 3.05) is 14.2 Å². The fourth-order valence-electron chi connectivity index (χ4n) is 6.90. The molecule has 8 rings (SSSR count). The van der Waals surface area contributed by atoms with Crippen molar-refractivity contribution in [1.82, 2.24) is 19.8 Å². The van der Waals surface area contributed by atoms with Gasteiger partial charge < -0.3 is 34.3 Å². The highest BCUT2D eigenvalue weighted by Crippen LogP contribution is 2.52. The number of carbonyl (C=O) groups is 1. The molecule has 5 atom stereocenters. The summed E-state index contributed by atoms with van der Waals surface area (Å²) in [7, 11) is 3.69. The number of para-hydroxylation sites is 2. The molecule has 1 saturated heterocycles. The van der Waals surface area contributed by atoms with Crippen LogP contribution in [0.5, 0.6) is 0 Å². The van der Waals surface area contributed by atoms with Gasteiger partial charge in [0.05, 0.1) is 27.6 Å². The van der Waals surface area contributed by atoms with E-state index < -0.39 is 6.23 Å². The average Bonchev–Trinajstić information content (AvgIpc) is 3.47. The first-order chi connectivity index (χ1) is 17.1. The van der Waals surface area contributed by atoms with Gasteiger partial charge in [-0.15, -0.1) is 0 Å². The third-order valence-corrected chi connectivity index (χ3v) is 8.22. The van der Waals surface area contributed by atoms with Crippen LogP contribution < -0.4 is 10.6 Å². The topological polar surface area (TPSA) is 89.7 Å². The Labute approximate surface area is 200 Å². The number of rotatable bonds is 2. The van der Waals surface area contributed by atoms with Gasteiger partial charge in [0.2, 0.25) is 0 Å². The van der Waals surface area contributed by atoms with Gasteiger partial charge in [0.1, 0.15) is 12.3 Å². The van der Waals surface area contributed by atoms with Crippen LogP contribution in [0.1, 0.15) is 41.0 Å². The number of benzene rings is 3. The molecule has 5 unspecified atom stereocenters. The highest BCUT2D eigenvalue weighted by atomic mass is 16.6. The predicted octanol–water partition coefficient (Wildman–Crippen LogP) is 3.67. The van der Waals surface area contributed by atoms with Crippen molar-refractivity contribution >= 4 is 49.5 Å². The number of aliphatic hydroxyl groups excluding tert-OH is 1. The third kappa shape index (κ3) is 2.20. The maximum absolute atomic E-state index is 13.3. The Morgan fingerprint density at radius 2 is 1.69 bits per heavy atom. The van der Waals surface area contributed by atoms with E-state index in [9.17, 15) is 9.90 Å². The summed E-state index contributed by atoms with van der Waals surface area (Å²) in [4.78, 5) is 13.3. The molecule has 1 amide bonds. The van der Waals surface area contributed by atoms with Crippen LogP contribution in [0.2, 0.25) is 0 Å². The Bertz CT molecular complexity index is 1730. The molecule has 8 heteroatoms. The van der Waals surface area contributed by atoms with Crippen LogP contribution in [0, 0.1) is 0 Å². The first-order valence-corrected chi connectivity index (χ1v) is 12.0. The third-order valence-electron chi connectivity index (χ3n) is 8.22. The summed E-state index contributed by atoms with van der Waals surface area (Å²) in [5, 5.41) is 21.1. The molecule has 0 spiro atoms. The summed E-state index contributed by atoms with van der Waals surface area (Å²) in [6.45, 7) is 0. The van der Waals surface area contributed by atoms with E-state index in [2.05, 4.69) is 44.0 Å². The highest BCUT2D eigenvalue weighted by molar-refractivity contribution is 6.31. The summed E-state index contributed by atoms with van der Waals surface area (Å²) >= 11 is 0. The Morgan fingerprint density at radius 3 is 2.40 bits per heavy atom. The molecule has 176 valence electrons. The van der Waals surface area contributed by atoms with Crippen LogP contribution in [0.4, 0.5) is 0 Å². The minimum absolute atomic E-state index is 0.0613. The van der Waals surface area contributed by atoms with Gasteiger partial charge in [0, 0.05) is 46.7 Å². The van der Waals surface area contributed by atoms with Crippen LogP contribution in [-0.2, 0) is 9.47 Å². The molecule has 3 aliphatic rings. The molecular weight excluding hydrogens is 444 g/mol. The SMILES string of the molecule is CNC1CC2OC(C1OC)n1c3ccccc3c3c4c(c5c6ccccc6n2c5c31)C(=O)NC4O. The van der Waals surface area contributed by atoms with Crippen LogP contribution in [0.15, 0.2) is 48.5 Å². The quantitative estimate of drug-likeness (QED) is 0.368. The number of aromatic nitrogens is 2. The number of ether oxygens (including phenoxy) is 2. The number of likely N-dealkylation sites (N-methyl/N-ethyl adjacent to an activating group) is 1. The highest BCUT2D eigenvalue weighted by Gasteiger charge is 2.46. The van der Waals surface area contributed by atoms with Crippen molar-refractivity contribution in [3.63, 3.8) is 0 Å². The number of amides is 1. The molecule has 2 aromatic heterocycles. The fraction of sp³-hybridized carbons (Fsp3) is 0.296. The lowest BCUT2D eigenvalue weighted by molar-refractivity contribution is -0.192. The van der Waals surface area contributed by atoms with Gasteiger partial charge in [0.25, 0.3) is 5.91 Å². The summed E-state index contributed by atoms with van der Waals surface area (Å²) in [6.07, 6.45) is -1.22. The Balaban J connectivity index is 1.71. The first kappa shape index (κ1) is 19.8.